The first kappa shape index (κ1) is 22.5. The lowest BCUT2D eigenvalue weighted by molar-refractivity contribution is 0.0947. The van der Waals surface area contributed by atoms with Crippen molar-refractivity contribution in [1.82, 2.24) is 19.6 Å². The number of benzene rings is 1. The van der Waals surface area contributed by atoms with Crippen molar-refractivity contribution >= 4 is 49.1 Å². The molecule has 0 atom stereocenters. The second kappa shape index (κ2) is 9.59. The van der Waals surface area contributed by atoms with Gasteiger partial charge in [0.1, 0.15) is 16.2 Å². The number of anilines is 1. The van der Waals surface area contributed by atoms with Crippen LogP contribution in [0.15, 0.2) is 41.2 Å². The molecule has 0 spiro atoms. The maximum absolute atomic E-state index is 13.7. The highest BCUT2D eigenvalue weighted by Gasteiger charge is 2.24. The summed E-state index contributed by atoms with van der Waals surface area (Å²) in [4.78, 5) is 37.4. The second-order valence-corrected chi connectivity index (χ2v) is 10.7. The van der Waals surface area contributed by atoms with E-state index in [4.69, 9.17) is 4.98 Å². The van der Waals surface area contributed by atoms with Crippen LogP contribution >= 0.6 is 11.3 Å². The first-order valence-corrected chi connectivity index (χ1v) is 13.6. The van der Waals surface area contributed by atoms with Gasteiger partial charge in [0.2, 0.25) is 5.43 Å². The summed E-state index contributed by atoms with van der Waals surface area (Å²) in [6.45, 7) is 5.49. The van der Waals surface area contributed by atoms with Gasteiger partial charge in [0.25, 0.3) is 5.91 Å². The molecule has 0 aliphatic carbocycles. The highest BCUT2D eigenvalue weighted by molar-refractivity contribution is 7.24. The number of thiazole rings is 1. The third-order valence-electron chi connectivity index (χ3n) is 7.34. The summed E-state index contributed by atoms with van der Waals surface area (Å²) in [7, 11) is 0. The molecule has 7 nitrogen and oxygen atoms in total. The summed E-state index contributed by atoms with van der Waals surface area (Å²) in [5.74, 6) is 0.609. The first-order chi connectivity index (χ1) is 17.2. The predicted molar refractivity (Wildman–Crippen MR) is 143 cm³/mol. The van der Waals surface area contributed by atoms with Crippen molar-refractivity contribution in [3.63, 3.8) is 0 Å². The molecule has 35 heavy (non-hydrogen) atoms. The fourth-order valence-corrected chi connectivity index (χ4v) is 6.66. The highest BCUT2D eigenvalue weighted by Crippen LogP contribution is 2.31. The van der Waals surface area contributed by atoms with Gasteiger partial charge < -0.3 is 15.1 Å². The largest absolute Gasteiger partial charge is 0.357 e. The molecule has 0 unspecified atom stereocenters. The topological polar surface area (TPSA) is 70.0 Å². The number of likely N-dealkylation sites (tertiary alicyclic amines) is 1. The van der Waals surface area contributed by atoms with Crippen LogP contribution in [0.3, 0.4) is 0 Å². The number of hydrogen-bond acceptors (Lipinski definition) is 6. The SMILES string of the molecule is O=C(NCCN1CCCCC1)c1c(=O)c2ccc(N3CCCCC3)nc2n2c1sc1ccccc12. The third kappa shape index (κ3) is 4.19. The Morgan fingerprint density at radius 2 is 1.69 bits per heavy atom. The summed E-state index contributed by atoms with van der Waals surface area (Å²) in [6, 6.07) is 11.9. The number of hydrogen-bond donors (Lipinski definition) is 1. The van der Waals surface area contributed by atoms with E-state index in [0.29, 0.717) is 22.4 Å². The molecule has 0 radical (unpaired) electrons. The minimum Gasteiger partial charge on any atom is -0.357 e. The molecule has 2 saturated heterocycles. The number of nitrogens with zero attached hydrogens (tertiary/aromatic N) is 4. The van der Waals surface area contributed by atoms with Gasteiger partial charge in [-0.2, -0.15) is 0 Å². The summed E-state index contributed by atoms with van der Waals surface area (Å²) < 4.78 is 3.05. The normalized spacial score (nSPS) is 17.4. The van der Waals surface area contributed by atoms with Gasteiger partial charge in [0, 0.05) is 26.2 Å². The van der Waals surface area contributed by atoms with Gasteiger partial charge in [-0.3, -0.25) is 14.0 Å². The number of nitrogens with one attached hydrogen (secondary N) is 1. The fraction of sp³-hybridized carbons (Fsp3) is 0.444. The van der Waals surface area contributed by atoms with Gasteiger partial charge in [-0.05, 0) is 69.5 Å². The van der Waals surface area contributed by atoms with E-state index in [1.54, 1.807) is 0 Å². The monoisotopic (exact) mass is 489 g/mol. The zero-order valence-electron chi connectivity index (χ0n) is 20.0. The molecule has 1 aromatic carbocycles. The predicted octanol–water partition coefficient (Wildman–Crippen LogP) is 4.27. The Morgan fingerprint density at radius 1 is 0.943 bits per heavy atom. The molecule has 0 saturated carbocycles. The molecule has 1 N–H and O–H groups in total. The van der Waals surface area contributed by atoms with Crippen molar-refractivity contribution in [2.24, 2.45) is 0 Å². The van der Waals surface area contributed by atoms with E-state index in [9.17, 15) is 9.59 Å². The molecule has 8 heteroatoms. The highest BCUT2D eigenvalue weighted by atomic mass is 32.1. The van der Waals surface area contributed by atoms with E-state index in [2.05, 4.69) is 15.1 Å². The van der Waals surface area contributed by atoms with Gasteiger partial charge in [-0.1, -0.05) is 18.6 Å². The maximum Gasteiger partial charge on any atom is 0.258 e. The summed E-state index contributed by atoms with van der Waals surface area (Å²) >= 11 is 1.49. The van der Waals surface area contributed by atoms with Crippen molar-refractivity contribution < 1.29 is 4.79 Å². The van der Waals surface area contributed by atoms with E-state index in [1.807, 2.05) is 40.8 Å². The van der Waals surface area contributed by atoms with Gasteiger partial charge in [0.15, 0.2) is 5.65 Å². The first-order valence-electron chi connectivity index (χ1n) is 12.8. The number of carbonyl (C=O) groups excluding carboxylic acids is 1. The van der Waals surface area contributed by atoms with Crippen LogP contribution in [0.1, 0.15) is 48.9 Å². The Bertz CT molecular complexity index is 1450. The molecular weight excluding hydrogens is 458 g/mol. The van der Waals surface area contributed by atoms with Crippen LogP contribution in [0, 0.1) is 0 Å². The lowest BCUT2D eigenvalue weighted by Gasteiger charge is -2.27. The van der Waals surface area contributed by atoms with Crippen molar-refractivity contribution in [3.05, 3.63) is 52.2 Å². The van der Waals surface area contributed by atoms with Crippen LogP contribution in [-0.4, -0.2) is 59.5 Å². The quantitative estimate of drug-likeness (QED) is 0.453. The average molecular weight is 490 g/mol. The molecule has 6 rings (SSSR count). The van der Waals surface area contributed by atoms with Crippen LogP contribution in [0.5, 0.6) is 0 Å². The van der Waals surface area contributed by atoms with E-state index >= 15 is 0 Å². The van der Waals surface area contributed by atoms with E-state index in [-0.39, 0.29) is 16.9 Å². The molecule has 3 aromatic heterocycles. The van der Waals surface area contributed by atoms with Crippen molar-refractivity contribution in [2.75, 3.05) is 44.2 Å². The van der Waals surface area contributed by atoms with Gasteiger partial charge >= 0.3 is 0 Å². The molecule has 5 heterocycles. The van der Waals surface area contributed by atoms with Crippen LogP contribution < -0.4 is 15.6 Å². The lowest BCUT2D eigenvalue weighted by Crippen LogP contribution is -2.38. The zero-order chi connectivity index (χ0) is 23.8. The minimum atomic E-state index is -0.293. The Morgan fingerprint density at radius 3 is 2.49 bits per heavy atom. The van der Waals surface area contributed by atoms with Crippen molar-refractivity contribution in [1.29, 1.82) is 0 Å². The van der Waals surface area contributed by atoms with Gasteiger partial charge in [-0.15, -0.1) is 11.3 Å². The number of aromatic nitrogens is 2. The van der Waals surface area contributed by atoms with Crippen LogP contribution in [0.25, 0.3) is 26.1 Å². The number of piperidine rings is 2. The standard InChI is InChI=1S/C27H31N5O2S/c33-24-19-11-12-22(31-16-7-2-8-17-31)29-25(19)32-20-9-3-4-10-21(20)35-27(32)23(24)26(34)28-13-18-30-14-5-1-6-15-30/h3-4,9-12H,1-2,5-8,13-18H2,(H,28,34). The number of pyridine rings is 2. The van der Waals surface area contributed by atoms with E-state index in [1.165, 1.54) is 37.0 Å². The number of carbonyl (C=O) groups is 1. The summed E-state index contributed by atoms with van der Waals surface area (Å²) in [5, 5.41) is 3.53. The Hall–Kier alpha value is -2.97. The van der Waals surface area contributed by atoms with Crippen LogP contribution in [0.4, 0.5) is 5.82 Å². The molecular formula is C27H31N5O2S. The lowest BCUT2D eigenvalue weighted by atomic mass is 10.1. The molecule has 1 amide bonds. The van der Waals surface area contributed by atoms with Crippen LogP contribution in [0.2, 0.25) is 0 Å². The smallest absolute Gasteiger partial charge is 0.258 e. The minimum absolute atomic E-state index is 0.227. The third-order valence-corrected chi connectivity index (χ3v) is 8.49. The zero-order valence-corrected chi connectivity index (χ0v) is 20.8. The molecule has 182 valence electrons. The summed E-state index contributed by atoms with van der Waals surface area (Å²) in [5.41, 5.74) is 1.60. The second-order valence-electron chi connectivity index (χ2n) is 9.66. The summed E-state index contributed by atoms with van der Waals surface area (Å²) in [6.07, 6.45) is 7.29. The molecule has 2 aliphatic rings. The molecule has 2 fully saturated rings. The Labute approximate surface area is 208 Å². The molecule has 4 aromatic rings. The Kier molecular flexibility index (Phi) is 6.16. The number of amides is 1. The van der Waals surface area contributed by atoms with Crippen molar-refractivity contribution in [3.8, 4) is 0 Å². The Balaban J connectivity index is 1.43. The van der Waals surface area contributed by atoms with Crippen LogP contribution in [-0.2, 0) is 0 Å². The van der Waals surface area contributed by atoms with Crippen molar-refractivity contribution in [2.45, 2.75) is 38.5 Å². The average Bonchev–Trinajstić information content (AvgIpc) is 3.29. The number of rotatable bonds is 5. The van der Waals surface area contributed by atoms with E-state index in [0.717, 1.165) is 61.6 Å². The van der Waals surface area contributed by atoms with E-state index < -0.39 is 0 Å². The van der Waals surface area contributed by atoms with Gasteiger partial charge in [-0.25, -0.2) is 4.98 Å². The fourth-order valence-electron chi connectivity index (χ4n) is 5.48. The molecule has 2 aliphatic heterocycles. The number of fused-ring (bicyclic) bond motifs is 5. The number of para-hydroxylation sites is 1. The maximum atomic E-state index is 13.7. The van der Waals surface area contributed by atoms with Gasteiger partial charge in [0.05, 0.1) is 15.6 Å². The molecule has 0 bridgehead atoms.